The van der Waals surface area contributed by atoms with Crippen molar-refractivity contribution in [2.45, 2.75) is 40.0 Å². The van der Waals surface area contributed by atoms with E-state index in [1.165, 1.54) is 30.4 Å². The highest BCUT2D eigenvalue weighted by molar-refractivity contribution is 6.02. The van der Waals surface area contributed by atoms with Crippen molar-refractivity contribution >= 4 is 29.4 Å². The van der Waals surface area contributed by atoms with Crippen LogP contribution in [0.25, 0.3) is 11.3 Å². The lowest BCUT2D eigenvalue weighted by molar-refractivity contribution is 0.0967. The number of aryl methyl sites for hydroxylation is 1. The molecule has 10 nitrogen and oxygen atoms in total. The molecular formula is C33H31F3N8O2. The van der Waals surface area contributed by atoms with Gasteiger partial charge in [0.15, 0.2) is 5.82 Å². The Labute approximate surface area is 263 Å². The minimum Gasteiger partial charge on any atom is -0.347 e. The molecule has 2 aromatic heterocycles. The third kappa shape index (κ3) is 6.67. The molecule has 13 heteroatoms. The van der Waals surface area contributed by atoms with Gasteiger partial charge in [0.25, 0.3) is 5.91 Å². The van der Waals surface area contributed by atoms with E-state index in [2.05, 4.69) is 30.9 Å². The van der Waals surface area contributed by atoms with Crippen LogP contribution in [0.5, 0.6) is 0 Å². The first-order chi connectivity index (χ1) is 22.3. The van der Waals surface area contributed by atoms with Crippen LogP contribution in [-0.4, -0.2) is 38.0 Å². The summed E-state index contributed by atoms with van der Waals surface area (Å²) >= 11 is 0. The molecule has 0 saturated heterocycles. The topological polar surface area (TPSA) is 128 Å². The lowest BCUT2D eigenvalue weighted by atomic mass is 9.97. The van der Waals surface area contributed by atoms with Crippen molar-refractivity contribution in [1.29, 1.82) is 0 Å². The van der Waals surface area contributed by atoms with Crippen molar-refractivity contribution in [2.75, 3.05) is 10.2 Å². The molecule has 1 aliphatic carbocycles. The number of aromatic amines is 1. The van der Waals surface area contributed by atoms with Crippen LogP contribution in [0.2, 0.25) is 0 Å². The summed E-state index contributed by atoms with van der Waals surface area (Å²) in [5.41, 5.74) is 2.06. The van der Waals surface area contributed by atoms with Gasteiger partial charge in [-0.3, -0.25) is 4.79 Å². The molecule has 3 amide bonds. The van der Waals surface area contributed by atoms with Gasteiger partial charge in [-0.05, 0) is 61.1 Å². The SMILES string of the molecule is CC.Cc1ccc(C(=O)NC2=CC=CC(F)C=C2)cc1-c1nc(NCc2ncc[nH]2)nc2c1CNC(=O)N2c1c(F)cccc1F. The number of para-hydroxylation sites is 1. The van der Waals surface area contributed by atoms with E-state index >= 15 is 0 Å². The number of urea groups is 1. The fourth-order valence-electron chi connectivity index (χ4n) is 4.81. The minimum atomic E-state index is -1.26. The molecule has 3 heterocycles. The van der Waals surface area contributed by atoms with E-state index in [4.69, 9.17) is 4.98 Å². The summed E-state index contributed by atoms with van der Waals surface area (Å²) in [6, 6.07) is 7.52. The number of halogens is 3. The number of anilines is 3. The number of hydrogen-bond acceptors (Lipinski definition) is 6. The van der Waals surface area contributed by atoms with E-state index in [1.807, 2.05) is 20.8 Å². The Morgan fingerprint density at radius 2 is 1.89 bits per heavy atom. The van der Waals surface area contributed by atoms with Gasteiger partial charge in [0, 0.05) is 34.8 Å². The molecule has 236 valence electrons. The van der Waals surface area contributed by atoms with Crippen molar-refractivity contribution in [3.05, 3.63) is 119 Å². The minimum absolute atomic E-state index is 0.0275. The first kappa shape index (κ1) is 31.7. The fraction of sp³-hybridized carbons (Fsp3) is 0.182. The number of allylic oxidation sites excluding steroid dienone is 5. The number of hydrogen-bond donors (Lipinski definition) is 4. The first-order valence-corrected chi connectivity index (χ1v) is 14.6. The molecule has 0 saturated carbocycles. The van der Waals surface area contributed by atoms with E-state index < -0.39 is 35.4 Å². The third-order valence-corrected chi connectivity index (χ3v) is 6.99. The number of aromatic nitrogens is 4. The van der Waals surface area contributed by atoms with Gasteiger partial charge in [0.05, 0.1) is 18.8 Å². The molecule has 4 N–H and O–H groups in total. The number of carbonyl (C=O) groups excluding carboxylic acids is 2. The molecule has 0 spiro atoms. The number of amides is 3. The zero-order valence-corrected chi connectivity index (χ0v) is 25.2. The Kier molecular flexibility index (Phi) is 9.60. The average molecular weight is 629 g/mol. The lowest BCUT2D eigenvalue weighted by Crippen LogP contribution is -2.43. The number of nitrogens with one attached hydrogen (secondary N) is 4. The highest BCUT2D eigenvalue weighted by Crippen LogP contribution is 2.39. The molecule has 46 heavy (non-hydrogen) atoms. The van der Waals surface area contributed by atoms with Crippen molar-refractivity contribution < 1.29 is 22.8 Å². The van der Waals surface area contributed by atoms with Gasteiger partial charge in [-0.15, -0.1) is 0 Å². The maximum Gasteiger partial charge on any atom is 0.328 e. The largest absolute Gasteiger partial charge is 0.347 e. The highest BCUT2D eigenvalue weighted by atomic mass is 19.1. The summed E-state index contributed by atoms with van der Waals surface area (Å²) in [7, 11) is 0. The van der Waals surface area contributed by atoms with E-state index in [0.717, 1.165) is 22.6 Å². The Morgan fingerprint density at radius 3 is 2.63 bits per heavy atom. The van der Waals surface area contributed by atoms with Crippen molar-refractivity contribution in [1.82, 2.24) is 30.6 Å². The van der Waals surface area contributed by atoms with Crippen LogP contribution in [-0.2, 0) is 13.1 Å². The van der Waals surface area contributed by atoms with Gasteiger partial charge in [0.1, 0.15) is 29.3 Å². The van der Waals surface area contributed by atoms with Crippen LogP contribution in [0.3, 0.4) is 0 Å². The molecule has 1 atom stereocenters. The van der Waals surface area contributed by atoms with Gasteiger partial charge in [-0.2, -0.15) is 4.98 Å². The van der Waals surface area contributed by atoms with Crippen LogP contribution in [0, 0.1) is 18.6 Å². The van der Waals surface area contributed by atoms with E-state index in [9.17, 15) is 22.8 Å². The summed E-state index contributed by atoms with van der Waals surface area (Å²) in [6.07, 6.45) is 9.22. The van der Waals surface area contributed by atoms with E-state index in [0.29, 0.717) is 28.3 Å². The number of rotatable bonds is 7. The van der Waals surface area contributed by atoms with Crippen LogP contribution in [0.4, 0.5) is 35.4 Å². The van der Waals surface area contributed by atoms with Crippen LogP contribution < -0.4 is 20.9 Å². The molecule has 0 radical (unpaired) electrons. The maximum absolute atomic E-state index is 15.0. The molecule has 6 rings (SSSR count). The van der Waals surface area contributed by atoms with E-state index in [1.54, 1.807) is 36.7 Å². The summed E-state index contributed by atoms with van der Waals surface area (Å²) < 4.78 is 43.6. The number of H-pyrrole nitrogens is 1. The summed E-state index contributed by atoms with van der Waals surface area (Å²) in [6.45, 7) is 5.96. The molecule has 2 aromatic carbocycles. The van der Waals surface area contributed by atoms with Crippen LogP contribution in [0.15, 0.2) is 84.9 Å². The number of imidazole rings is 1. The molecular weight excluding hydrogens is 597 g/mol. The Hall–Kier alpha value is -5.72. The van der Waals surface area contributed by atoms with Gasteiger partial charge in [0.2, 0.25) is 5.95 Å². The first-order valence-electron chi connectivity index (χ1n) is 14.6. The number of fused-ring (bicyclic) bond motifs is 1. The van der Waals surface area contributed by atoms with Gasteiger partial charge in [-0.25, -0.2) is 32.8 Å². The maximum atomic E-state index is 15.0. The van der Waals surface area contributed by atoms with Crippen molar-refractivity contribution in [2.24, 2.45) is 0 Å². The van der Waals surface area contributed by atoms with Crippen LogP contribution >= 0.6 is 0 Å². The summed E-state index contributed by atoms with van der Waals surface area (Å²) in [4.78, 5) is 43.5. The second kappa shape index (κ2) is 13.9. The standard InChI is InChI=1S/C31H25F3N8O2.C2H6/c1-17-8-9-18(29(43)39-20-5-2-4-19(32)10-11-20)14-21(17)26-22-15-38-31(44)42(27-23(33)6-3-7-24(27)34)28(22)41-30(40-26)37-16-25-35-12-13-36-25;1-2/h2-14,19H,15-16H2,1H3,(H,35,36)(H,38,44)(H,39,43)(H,37,40,41);1-2H3. The monoisotopic (exact) mass is 628 g/mol. The number of alkyl halides is 1. The Bertz CT molecular complexity index is 1830. The van der Waals surface area contributed by atoms with E-state index in [-0.39, 0.29) is 30.4 Å². The average Bonchev–Trinajstić information content (AvgIpc) is 3.50. The number of benzene rings is 2. The number of nitrogens with zero attached hydrogens (tertiary/aromatic N) is 4. The highest BCUT2D eigenvalue weighted by Gasteiger charge is 2.34. The number of carbonyl (C=O) groups is 2. The Morgan fingerprint density at radius 1 is 1.11 bits per heavy atom. The summed E-state index contributed by atoms with van der Waals surface area (Å²) in [5, 5.41) is 8.47. The van der Waals surface area contributed by atoms with Crippen LogP contribution in [0.1, 0.15) is 41.2 Å². The zero-order chi connectivity index (χ0) is 32.8. The fourth-order valence-corrected chi connectivity index (χ4v) is 4.81. The van der Waals surface area contributed by atoms with Gasteiger partial charge < -0.3 is 20.9 Å². The van der Waals surface area contributed by atoms with Gasteiger partial charge in [-0.1, -0.05) is 32.1 Å². The molecule has 0 bridgehead atoms. The molecule has 2 aliphatic rings. The molecule has 1 unspecified atom stereocenters. The quantitative estimate of drug-likeness (QED) is 0.184. The molecule has 0 fully saturated rings. The molecule has 1 aliphatic heterocycles. The van der Waals surface area contributed by atoms with Crippen molar-refractivity contribution in [3.63, 3.8) is 0 Å². The normalized spacial score (nSPS) is 15.2. The van der Waals surface area contributed by atoms with Gasteiger partial charge >= 0.3 is 6.03 Å². The zero-order valence-electron chi connectivity index (χ0n) is 25.2. The predicted octanol–water partition coefficient (Wildman–Crippen LogP) is 6.53. The second-order valence-corrected chi connectivity index (χ2v) is 9.95. The predicted molar refractivity (Wildman–Crippen MR) is 169 cm³/mol. The smallest absolute Gasteiger partial charge is 0.328 e. The summed E-state index contributed by atoms with van der Waals surface area (Å²) in [5.74, 6) is -1.75. The van der Waals surface area contributed by atoms with Crippen molar-refractivity contribution in [3.8, 4) is 11.3 Å². The molecule has 4 aromatic rings. The Balaban J connectivity index is 0.00000204. The lowest BCUT2D eigenvalue weighted by Gasteiger charge is -2.31. The third-order valence-electron chi connectivity index (χ3n) is 6.99. The second-order valence-electron chi connectivity index (χ2n) is 9.95.